The fraction of sp³-hybridized carbons (Fsp3) is 0.826. The van der Waals surface area contributed by atoms with Crippen molar-refractivity contribution in [2.75, 3.05) is 26.7 Å². The van der Waals surface area contributed by atoms with E-state index in [1.54, 1.807) is 7.11 Å². The maximum atomic E-state index is 13.1. The van der Waals surface area contributed by atoms with Gasteiger partial charge >= 0.3 is 0 Å². The van der Waals surface area contributed by atoms with Crippen molar-refractivity contribution < 1.29 is 14.3 Å². The van der Waals surface area contributed by atoms with Crippen LogP contribution in [0.2, 0.25) is 0 Å². The number of rotatable bonds is 6. The van der Waals surface area contributed by atoms with Crippen molar-refractivity contribution in [2.45, 2.75) is 68.2 Å². The van der Waals surface area contributed by atoms with Crippen LogP contribution >= 0.6 is 23.2 Å². The highest BCUT2D eigenvalue weighted by Gasteiger charge is 2.45. The molecule has 6 unspecified atom stereocenters. The molecule has 2 aliphatic carbocycles. The van der Waals surface area contributed by atoms with Crippen molar-refractivity contribution in [2.24, 2.45) is 23.7 Å². The van der Waals surface area contributed by atoms with E-state index in [0.29, 0.717) is 24.8 Å². The summed E-state index contributed by atoms with van der Waals surface area (Å²) in [4.78, 5) is 26.7. The van der Waals surface area contributed by atoms with E-state index in [0.717, 1.165) is 45.2 Å². The number of amides is 2. The monoisotopic (exact) mass is 458 g/mol. The lowest BCUT2D eigenvalue weighted by Gasteiger charge is -2.43. The molecule has 6 atom stereocenters. The molecule has 1 N–H and O–H groups in total. The number of hydrogen-bond acceptors (Lipinski definition) is 3. The highest BCUT2D eigenvalue weighted by Crippen LogP contribution is 2.45. The van der Waals surface area contributed by atoms with Crippen LogP contribution in [0.25, 0.3) is 0 Å². The van der Waals surface area contributed by atoms with E-state index in [1.165, 1.54) is 18.9 Å². The molecule has 1 heterocycles. The molecule has 30 heavy (non-hydrogen) atoms. The lowest BCUT2D eigenvalue weighted by molar-refractivity contribution is -0.133. The van der Waals surface area contributed by atoms with Crippen LogP contribution in [0.1, 0.15) is 51.4 Å². The molecule has 1 aliphatic heterocycles. The van der Waals surface area contributed by atoms with E-state index in [2.05, 4.69) is 11.9 Å². The number of halogens is 2. The van der Waals surface area contributed by atoms with Crippen LogP contribution in [-0.2, 0) is 14.3 Å². The highest BCUT2D eigenvalue weighted by molar-refractivity contribution is 6.22. The predicted octanol–water partition coefficient (Wildman–Crippen LogP) is 3.97. The molecule has 7 heteroatoms. The molecular formula is C23H36Cl2N2O3. The topological polar surface area (TPSA) is 58.6 Å². The number of alkyl halides is 2. The number of carbonyl (C=O) groups is 2. The van der Waals surface area contributed by atoms with Gasteiger partial charge in [0.05, 0.1) is 12.0 Å². The Balaban J connectivity index is 1.54. The summed E-state index contributed by atoms with van der Waals surface area (Å²) in [6.45, 7) is 5.66. The quantitative estimate of drug-likeness (QED) is 0.483. The van der Waals surface area contributed by atoms with Crippen molar-refractivity contribution in [1.82, 2.24) is 10.2 Å². The molecule has 0 bridgehead atoms. The van der Waals surface area contributed by atoms with Gasteiger partial charge in [-0.25, -0.2) is 0 Å². The Morgan fingerprint density at radius 2 is 1.77 bits per heavy atom. The van der Waals surface area contributed by atoms with Crippen LogP contribution in [0.4, 0.5) is 0 Å². The third-order valence-corrected chi connectivity index (χ3v) is 8.53. The number of ether oxygens (including phenoxy) is 1. The summed E-state index contributed by atoms with van der Waals surface area (Å²) in [5.41, 5.74) is 0. The Bertz CT molecular complexity index is 609. The maximum Gasteiger partial charge on any atom is 0.245 e. The molecule has 2 saturated carbocycles. The molecule has 170 valence electrons. The van der Waals surface area contributed by atoms with Crippen LogP contribution in [0.3, 0.4) is 0 Å². The third-order valence-electron chi connectivity index (χ3n) is 7.48. The minimum Gasteiger partial charge on any atom is -0.381 e. The number of nitrogens with one attached hydrogen (secondary N) is 1. The summed E-state index contributed by atoms with van der Waals surface area (Å²) >= 11 is 13.4. The number of piperidine rings is 1. The first-order valence-electron chi connectivity index (χ1n) is 11.4. The van der Waals surface area contributed by atoms with Crippen molar-refractivity contribution >= 4 is 35.0 Å². The SMILES string of the molecule is C=CC(=O)N1CCC(CNC(=O)C2CC(C3CCCCC3Cl)C(Cl)CC2OC)CC1. The smallest absolute Gasteiger partial charge is 0.245 e. The molecule has 5 nitrogen and oxygen atoms in total. The molecule has 0 aromatic heterocycles. The van der Waals surface area contributed by atoms with Gasteiger partial charge in [-0.2, -0.15) is 0 Å². The molecule has 0 aromatic carbocycles. The fourth-order valence-electron chi connectivity index (χ4n) is 5.59. The molecule has 3 rings (SSSR count). The Hall–Kier alpha value is -0.780. The Labute approximate surface area is 190 Å². The molecule has 1 saturated heterocycles. The van der Waals surface area contributed by atoms with Gasteiger partial charge in [-0.15, -0.1) is 23.2 Å². The van der Waals surface area contributed by atoms with Gasteiger partial charge < -0.3 is 15.0 Å². The minimum absolute atomic E-state index is 0.00933. The largest absolute Gasteiger partial charge is 0.381 e. The first-order chi connectivity index (χ1) is 14.4. The number of hydrogen-bond donors (Lipinski definition) is 1. The molecule has 2 amide bonds. The second-order valence-electron chi connectivity index (χ2n) is 9.21. The average Bonchev–Trinajstić information content (AvgIpc) is 2.77. The summed E-state index contributed by atoms with van der Waals surface area (Å²) in [5, 5.41) is 3.35. The van der Waals surface area contributed by atoms with Gasteiger partial charge in [-0.05, 0) is 62.4 Å². The first kappa shape index (κ1) is 23.9. The van der Waals surface area contributed by atoms with E-state index in [9.17, 15) is 9.59 Å². The van der Waals surface area contributed by atoms with Crippen LogP contribution in [0.15, 0.2) is 12.7 Å². The summed E-state index contributed by atoms with van der Waals surface area (Å²) in [6.07, 6.45) is 9.02. The van der Waals surface area contributed by atoms with Gasteiger partial charge in [-0.3, -0.25) is 9.59 Å². The van der Waals surface area contributed by atoms with Gasteiger partial charge in [0.15, 0.2) is 0 Å². The zero-order chi connectivity index (χ0) is 21.7. The van der Waals surface area contributed by atoms with Crippen LogP contribution in [0, 0.1) is 23.7 Å². The number of likely N-dealkylation sites (tertiary alicyclic amines) is 1. The zero-order valence-electron chi connectivity index (χ0n) is 18.0. The first-order valence-corrected chi connectivity index (χ1v) is 12.3. The zero-order valence-corrected chi connectivity index (χ0v) is 19.5. The maximum absolute atomic E-state index is 13.1. The predicted molar refractivity (Wildman–Crippen MR) is 121 cm³/mol. The number of carbonyl (C=O) groups excluding carboxylic acids is 2. The van der Waals surface area contributed by atoms with Crippen LogP contribution < -0.4 is 5.32 Å². The van der Waals surface area contributed by atoms with Gasteiger partial charge in [0.25, 0.3) is 0 Å². The van der Waals surface area contributed by atoms with Crippen LogP contribution in [0.5, 0.6) is 0 Å². The molecule has 3 fully saturated rings. The van der Waals surface area contributed by atoms with Crippen molar-refractivity contribution in [1.29, 1.82) is 0 Å². The highest BCUT2D eigenvalue weighted by atomic mass is 35.5. The summed E-state index contributed by atoms with van der Waals surface area (Å²) in [7, 11) is 1.67. The van der Waals surface area contributed by atoms with Crippen molar-refractivity contribution in [3.05, 3.63) is 12.7 Å². The van der Waals surface area contributed by atoms with E-state index in [-0.39, 0.29) is 40.5 Å². The van der Waals surface area contributed by atoms with E-state index in [1.807, 2.05) is 4.90 Å². The standard InChI is InChI=1S/C23H36Cl2N2O3/c1-3-22(28)27-10-8-15(9-11-27)14-26-23(29)18-12-17(20(25)13-21(18)30-2)16-6-4-5-7-19(16)24/h3,15-21H,1,4-14H2,2H3,(H,26,29). The third kappa shape index (κ3) is 5.72. The van der Waals surface area contributed by atoms with Crippen molar-refractivity contribution in [3.63, 3.8) is 0 Å². The van der Waals surface area contributed by atoms with Gasteiger partial charge in [0.1, 0.15) is 0 Å². The second kappa shape index (κ2) is 11.2. The van der Waals surface area contributed by atoms with Gasteiger partial charge in [-0.1, -0.05) is 19.4 Å². The summed E-state index contributed by atoms with van der Waals surface area (Å²) in [6, 6.07) is 0. The number of nitrogens with zero attached hydrogens (tertiary/aromatic N) is 1. The number of methoxy groups -OCH3 is 1. The summed E-state index contributed by atoms with van der Waals surface area (Å²) in [5.74, 6) is 0.942. The lowest BCUT2D eigenvalue weighted by atomic mass is 9.68. The van der Waals surface area contributed by atoms with Crippen molar-refractivity contribution in [3.8, 4) is 0 Å². The molecule has 3 aliphatic rings. The fourth-order valence-corrected chi connectivity index (χ4v) is 6.52. The Morgan fingerprint density at radius 1 is 1.07 bits per heavy atom. The minimum atomic E-state index is -0.178. The van der Waals surface area contributed by atoms with E-state index in [4.69, 9.17) is 27.9 Å². The lowest BCUT2D eigenvalue weighted by Crippen LogP contribution is -2.49. The normalized spacial score (nSPS) is 35.6. The summed E-state index contributed by atoms with van der Waals surface area (Å²) < 4.78 is 5.67. The van der Waals surface area contributed by atoms with Gasteiger partial charge in [0, 0.05) is 37.5 Å². The molecule has 0 spiro atoms. The van der Waals surface area contributed by atoms with Gasteiger partial charge in [0.2, 0.25) is 11.8 Å². The van der Waals surface area contributed by atoms with E-state index < -0.39 is 0 Å². The molecule has 0 radical (unpaired) electrons. The molecular weight excluding hydrogens is 423 g/mol. The average molecular weight is 459 g/mol. The Kier molecular flexibility index (Phi) is 8.91. The van der Waals surface area contributed by atoms with E-state index >= 15 is 0 Å². The second-order valence-corrected chi connectivity index (χ2v) is 10.3. The Morgan fingerprint density at radius 3 is 2.40 bits per heavy atom. The molecule has 0 aromatic rings. The van der Waals surface area contributed by atoms with Crippen LogP contribution in [-0.4, -0.2) is 60.3 Å².